The minimum absolute atomic E-state index is 0.125. The Hall–Kier alpha value is -3.54. The number of carboxylic acids is 1. The largest absolute Gasteiger partial charge is 0.478 e. The Morgan fingerprint density at radius 2 is 1.80 bits per heavy atom. The van der Waals surface area contributed by atoms with Gasteiger partial charge in [-0.15, -0.1) is 0 Å². The molecule has 35 heavy (non-hydrogen) atoms. The van der Waals surface area contributed by atoms with Gasteiger partial charge in [0.15, 0.2) is 11.9 Å². The molecular weight excluding hydrogens is 470 g/mol. The van der Waals surface area contributed by atoms with Gasteiger partial charge in [-0.1, -0.05) is 48.5 Å². The highest BCUT2D eigenvalue weighted by Gasteiger charge is 2.42. The van der Waals surface area contributed by atoms with E-state index >= 15 is 0 Å². The first kappa shape index (κ1) is 26.1. The number of aliphatic carboxylic acids is 1. The van der Waals surface area contributed by atoms with Crippen molar-refractivity contribution in [2.45, 2.75) is 25.3 Å². The molecule has 0 bridgehead atoms. The van der Waals surface area contributed by atoms with Crippen LogP contribution in [-0.4, -0.2) is 77.0 Å². The van der Waals surface area contributed by atoms with E-state index in [2.05, 4.69) is 22.9 Å². The Morgan fingerprint density at radius 1 is 1.17 bits per heavy atom. The molecule has 0 radical (unpaired) electrons. The van der Waals surface area contributed by atoms with E-state index in [4.69, 9.17) is 5.73 Å². The highest BCUT2D eigenvalue weighted by Crippen LogP contribution is 2.30. The number of benzodiazepines with no additional fused rings is 1. The number of nitrogens with one attached hydrogen (secondary N) is 1. The number of amides is 2. The minimum Gasteiger partial charge on any atom is -0.478 e. The highest BCUT2D eigenvalue weighted by molar-refractivity contribution is 7.80. The van der Waals surface area contributed by atoms with E-state index in [9.17, 15) is 24.3 Å². The van der Waals surface area contributed by atoms with Crippen molar-refractivity contribution >= 4 is 47.6 Å². The summed E-state index contributed by atoms with van der Waals surface area (Å²) in [7, 11) is 1.30. The van der Waals surface area contributed by atoms with Crippen molar-refractivity contribution in [2.75, 3.05) is 24.2 Å². The number of Topliss-reactive ketones (excluding diaryl/α,β-unsaturated/α-hetero) is 1. The third-order valence-corrected chi connectivity index (χ3v) is 6.00. The van der Waals surface area contributed by atoms with Crippen molar-refractivity contribution < 1.29 is 24.3 Å². The third-order valence-electron chi connectivity index (χ3n) is 5.60. The zero-order chi connectivity index (χ0) is 25.7. The van der Waals surface area contributed by atoms with E-state index < -0.39 is 36.2 Å². The van der Waals surface area contributed by atoms with Crippen molar-refractivity contribution in [3.05, 3.63) is 65.7 Å². The Bertz CT molecular complexity index is 1160. The summed E-state index contributed by atoms with van der Waals surface area (Å²) in [5, 5.41) is 12.9. The van der Waals surface area contributed by atoms with Crippen molar-refractivity contribution in [3.63, 3.8) is 0 Å². The number of aliphatic imine (C=N–C) groups is 1. The van der Waals surface area contributed by atoms with Gasteiger partial charge in [-0.25, -0.2) is 4.79 Å². The lowest BCUT2D eigenvalue weighted by Crippen LogP contribution is -2.59. The fourth-order valence-electron chi connectivity index (χ4n) is 3.65. The van der Waals surface area contributed by atoms with Crippen molar-refractivity contribution in [3.8, 4) is 0 Å². The Kier molecular flexibility index (Phi) is 8.39. The summed E-state index contributed by atoms with van der Waals surface area (Å²) in [4.78, 5) is 57.2. The average molecular weight is 498 g/mol. The summed E-state index contributed by atoms with van der Waals surface area (Å²) < 4.78 is 0. The molecule has 2 aromatic carbocycles. The number of carboxylic acid groups (broad SMARTS) is 1. The van der Waals surface area contributed by atoms with Crippen LogP contribution in [0.2, 0.25) is 0 Å². The van der Waals surface area contributed by atoms with E-state index in [0.717, 1.165) is 9.80 Å². The fourth-order valence-corrected chi connectivity index (χ4v) is 3.85. The standard InChI is InChI=1S/C24H27N5O5S/c1-14(30)28(2)22(24(33)34)29-18-11-7-6-10-16(18)20(15-8-4-3-5-9-15)27-21(23(29)32)26-12-19(31)17(25)13-35/h3-11,17,21-22,26,35H,12-13,25H2,1-2H3,(H,33,34). The molecule has 10 nitrogen and oxygen atoms in total. The van der Waals surface area contributed by atoms with Crippen molar-refractivity contribution in [1.29, 1.82) is 0 Å². The molecule has 11 heteroatoms. The number of likely N-dealkylation sites (N-methyl/N-ethyl adjacent to an activating group) is 1. The maximum absolute atomic E-state index is 13.8. The zero-order valence-corrected chi connectivity index (χ0v) is 20.2. The van der Waals surface area contributed by atoms with Gasteiger partial charge in [-0.05, 0) is 6.07 Å². The van der Waals surface area contributed by atoms with Crippen LogP contribution in [0.4, 0.5) is 5.69 Å². The maximum atomic E-state index is 13.8. The smallest absolute Gasteiger partial charge is 0.348 e. The number of para-hydroxylation sites is 1. The van der Waals surface area contributed by atoms with Crippen LogP contribution < -0.4 is 16.0 Å². The topological polar surface area (TPSA) is 145 Å². The maximum Gasteiger partial charge on any atom is 0.348 e. The first-order valence-corrected chi connectivity index (χ1v) is 11.4. The Labute approximate surface area is 208 Å². The highest BCUT2D eigenvalue weighted by atomic mass is 32.1. The summed E-state index contributed by atoms with van der Waals surface area (Å²) in [6.45, 7) is 0.928. The number of anilines is 1. The first-order chi connectivity index (χ1) is 16.7. The number of hydrogen-bond donors (Lipinski definition) is 4. The zero-order valence-electron chi connectivity index (χ0n) is 19.3. The molecule has 0 saturated carbocycles. The van der Waals surface area contributed by atoms with Gasteiger partial charge >= 0.3 is 5.97 Å². The molecule has 1 aliphatic rings. The van der Waals surface area contributed by atoms with E-state index in [0.29, 0.717) is 16.8 Å². The minimum atomic E-state index is -1.65. The molecule has 0 aromatic heterocycles. The quantitative estimate of drug-likeness (QED) is 0.369. The van der Waals surface area contributed by atoms with Gasteiger partial charge in [0.05, 0.1) is 24.0 Å². The van der Waals surface area contributed by atoms with Crippen LogP contribution in [0.5, 0.6) is 0 Å². The van der Waals surface area contributed by atoms with Gasteiger partial charge in [0.25, 0.3) is 5.91 Å². The van der Waals surface area contributed by atoms with E-state index in [1.807, 2.05) is 30.3 Å². The van der Waals surface area contributed by atoms with Crippen molar-refractivity contribution in [1.82, 2.24) is 10.2 Å². The van der Waals surface area contributed by atoms with Gasteiger partial charge in [-0.3, -0.25) is 29.6 Å². The van der Waals surface area contributed by atoms with Crippen LogP contribution in [0.25, 0.3) is 0 Å². The predicted molar refractivity (Wildman–Crippen MR) is 135 cm³/mol. The monoisotopic (exact) mass is 497 g/mol. The lowest BCUT2D eigenvalue weighted by molar-refractivity contribution is -0.149. The molecule has 1 heterocycles. The molecule has 0 aliphatic carbocycles. The molecule has 0 spiro atoms. The van der Waals surface area contributed by atoms with Crippen LogP contribution in [-0.2, 0) is 19.2 Å². The van der Waals surface area contributed by atoms with Gasteiger partial charge in [0.1, 0.15) is 0 Å². The number of hydrogen-bond acceptors (Lipinski definition) is 8. The second-order valence-electron chi connectivity index (χ2n) is 7.95. The van der Waals surface area contributed by atoms with Gasteiger partial charge in [0.2, 0.25) is 12.1 Å². The fraction of sp³-hybridized carbons (Fsp3) is 0.292. The number of rotatable bonds is 9. The molecule has 2 aromatic rings. The first-order valence-electron chi connectivity index (χ1n) is 10.8. The van der Waals surface area contributed by atoms with Gasteiger partial charge in [0, 0.05) is 30.9 Å². The second kappa shape index (κ2) is 11.3. The van der Waals surface area contributed by atoms with E-state index in [1.165, 1.54) is 14.0 Å². The molecule has 3 atom stereocenters. The molecule has 0 fully saturated rings. The molecule has 3 unspecified atom stereocenters. The lowest BCUT2D eigenvalue weighted by Gasteiger charge is -2.35. The average Bonchev–Trinajstić information content (AvgIpc) is 2.97. The van der Waals surface area contributed by atoms with Crippen molar-refractivity contribution in [2.24, 2.45) is 10.7 Å². The van der Waals surface area contributed by atoms with Crippen LogP contribution in [0.3, 0.4) is 0 Å². The summed E-state index contributed by atoms with van der Waals surface area (Å²) in [6.07, 6.45) is -2.97. The summed E-state index contributed by atoms with van der Waals surface area (Å²) >= 11 is 4.03. The normalized spacial score (nSPS) is 17.0. The number of carbonyl (C=O) groups excluding carboxylic acids is 3. The number of thiol groups is 1. The van der Waals surface area contributed by atoms with Crippen LogP contribution in [0.1, 0.15) is 18.1 Å². The Morgan fingerprint density at radius 3 is 2.40 bits per heavy atom. The van der Waals surface area contributed by atoms with Crippen LogP contribution in [0.15, 0.2) is 59.6 Å². The number of nitrogens with two attached hydrogens (primary N) is 1. The molecular formula is C24H27N5O5S. The molecule has 1 aliphatic heterocycles. The number of carbonyl (C=O) groups is 4. The van der Waals surface area contributed by atoms with Gasteiger partial charge < -0.3 is 15.7 Å². The molecule has 184 valence electrons. The molecule has 0 saturated heterocycles. The second-order valence-corrected chi connectivity index (χ2v) is 8.31. The summed E-state index contributed by atoms with van der Waals surface area (Å²) in [5.74, 6) is -2.94. The molecule has 3 rings (SSSR count). The van der Waals surface area contributed by atoms with E-state index in [-0.39, 0.29) is 23.8 Å². The number of fused-ring (bicyclic) bond motifs is 1. The molecule has 4 N–H and O–H groups in total. The SMILES string of the molecule is CC(=O)N(C)C(C(=O)O)N1C(=O)C(NCC(=O)C(N)CS)N=C(c2ccccc2)c2ccccc21. The summed E-state index contributed by atoms with van der Waals surface area (Å²) in [6, 6.07) is 15.0. The van der Waals surface area contributed by atoms with Crippen LogP contribution >= 0.6 is 12.6 Å². The predicted octanol–water partition coefficient (Wildman–Crippen LogP) is 0.502. The van der Waals surface area contributed by atoms with Crippen LogP contribution in [0, 0.1) is 0 Å². The van der Waals surface area contributed by atoms with Gasteiger partial charge in [-0.2, -0.15) is 12.6 Å². The van der Waals surface area contributed by atoms with E-state index in [1.54, 1.807) is 24.3 Å². The lowest BCUT2D eigenvalue weighted by atomic mass is 10.00. The third kappa shape index (κ3) is 5.59. The number of nitrogens with zero attached hydrogens (tertiary/aromatic N) is 3. The number of ketones is 1. The number of benzene rings is 2. The Balaban J connectivity index is 2.19. The molecule has 2 amide bonds. The summed E-state index contributed by atoms with van der Waals surface area (Å²) in [5.41, 5.74) is 7.63.